The fraction of sp³-hybridized carbons (Fsp3) is 0.417. The second-order valence-electron chi connectivity index (χ2n) is 3.78. The van der Waals surface area contributed by atoms with Gasteiger partial charge in [0.2, 0.25) is 0 Å². The number of ether oxygens (including phenoxy) is 1. The molecule has 92 valence electrons. The van der Waals surface area contributed by atoms with E-state index in [1.807, 2.05) is 32.0 Å². The molecule has 0 saturated heterocycles. The van der Waals surface area contributed by atoms with Crippen LogP contribution in [-0.2, 0) is 4.74 Å². The Hall–Kier alpha value is -0.840. The van der Waals surface area contributed by atoms with Crippen LogP contribution in [0.2, 0.25) is 5.02 Å². The SMILES string of the molecule is CCOC(C)CNc1nc2ccc(Cl)cc2s1. The standard InChI is InChI=1S/C12H15ClN2OS/c1-3-16-8(2)7-14-12-15-10-5-4-9(13)6-11(10)17-12/h4-6,8H,3,7H2,1-2H3,(H,14,15). The van der Waals surface area contributed by atoms with Gasteiger partial charge in [-0.05, 0) is 32.0 Å². The third-order valence-corrected chi connectivity index (χ3v) is 3.55. The maximum absolute atomic E-state index is 5.94. The average Bonchev–Trinajstić information content (AvgIpc) is 2.68. The molecule has 0 bridgehead atoms. The van der Waals surface area contributed by atoms with Crippen molar-refractivity contribution in [3.8, 4) is 0 Å². The van der Waals surface area contributed by atoms with Crippen molar-refractivity contribution in [1.29, 1.82) is 0 Å². The molecule has 0 amide bonds. The molecular weight excluding hydrogens is 256 g/mol. The van der Waals surface area contributed by atoms with Gasteiger partial charge in [-0.25, -0.2) is 4.98 Å². The van der Waals surface area contributed by atoms with Crippen molar-refractivity contribution in [2.45, 2.75) is 20.0 Å². The molecule has 0 spiro atoms. The number of nitrogens with zero attached hydrogens (tertiary/aromatic N) is 1. The highest BCUT2D eigenvalue weighted by Crippen LogP contribution is 2.28. The highest BCUT2D eigenvalue weighted by Gasteiger charge is 2.06. The minimum absolute atomic E-state index is 0.190. The van der Waals surface area contributed by atoms with E-state index in [1.54, 1.807) is 11.3 Å². The fourth-order valence-electron chi connectivity index (χ4n) is 1.55. The lowest BCUT2D eigenvalue weighted by atomic mass is 10.3. The summed E-state index contributed by atoms with van der Waals surface area (Å²) in [6.45, 7) is 5.54. The number of benzene rings is 1. The highest BCUT2D eigenvalue weighted by atomic mass is 35.5. The molecule has 0 aliphatic carbocycles. The first-order valence-electron chi connectivity index (χ1n) is 5.60. The zero-order valence-corrected chi connectivity index (χ0v) is 11.4. The van der Waals surface area contributed by atoms with Crippen molar-refractivity contribution in [3.05, 3.63) is 23.2 Å². The fourth-order valence-corrected chi connectivity index (χ4v) is 2.70. The van der Waals surface area contributed by atoms with Gasteiger partial charge in [0.15, 0.2) is 5.13 Å². The molecule has 1 N–H and O–H groups in total. The van der Waals surface area contributed by atoms with E-state index in [4.69, 9.17) is 16.3 Å². The molecule has 1 heterocycles. The maximum atomic E-state index is 5.94. The minimum Gasteiger partial charge on any atom is -0.377 e. The monoisotopic (exact) mass is 270 g/mol. The summed E-state index contributed by atoms with van der Waals surface area (Å²) in [4.78, 5) is 4.48. The topological polar surface area (TPSA) is 34.1 Å². The van der Waals surface area contributed by atoms with Gasteiger partial charge in [-0.3, -0.25) is 0 Å². The number of hydrogen-bond donors (Lipinski definition) is 1. The van der Waals surface area contributed by atoms with Crippen LogP contribution in [0.15, 0.2) is 18.2 Å². The molecule has 3 nitrogen and oxygen atoms in total. The zero-order chi connectivity index (χ0) is 12.3. The van der Waals surface area contributed by atoms with Gasteiger partial charge in [-0.2, -0.15) is 0 Å². The third-order valence-electron chi connectivity index (χ3n) is 2.34. The summed E-state index contributed by atoms with van der Waals surface area (Å²) in [6.07, 6.45) is 0.190. The van der Waals surface area contributed by atoms with Crippen molar-refractivity contribution in [3.63, 3.8) is 0 Å². The molecule has 1 atom stereocenters. The number of halogens is 1. The van der Waals surface area contributed by atoms with Crippen LogP contribution >= 0.6 is 22.9 Å². The summed E-state index contributed by atoms with van der Waals surface area (Å²) in [5.41, 5.74) is 0.978. The van der Waals surface area contributed by atoms with Gasteiger partial charge >= 0.3 is 0 Å². The molecule has 1 aromatic heterocycles. The number of fused-ring (bicyclic) bond motifs is 1. The van der Waals surface area contributed by atoms with Crippen LogP contribution in [0.25, 0.3) is 10.2 Å². The van der Waals surface area contributed by atoms with Gasteiger partial charge in [-0.1, -0.05) is 22.9 Å². The number of anilines is 1. The van der Waals surface area contributed by atoms with Crippen LogP contribution in [0, 0.1) is 0 Å². The summed E-state index contributed by atoms with van der Waals surface area (Å²) in [5.74, 6) is 0. The Morgan fingerprint density at radius 3 is 3.12 bits per heavy atom. The zero-order valence-electron chi connectivity index (χ0n) is 9.87. The molecule has 17 heavy (non-hydrogen) atoms. The summed E-state index contributed by atoms with van der Waals surface area (Å²) < 4.78 is 6.55. The van der Waals surface area contributed by atoms with E-state index in [2.05, 4.69) is 10.3 Å². The lowest BCUT2D eigenvalue weighted by Crippen LogP contribution is -2.19. The van der Waals surface area contributed by atoms with Gasteiger partial charge in [-0.15, -0.1) is 0 Å². The van der Waals surface area contributed by atoms with Crippen molar-refractivity contribution < 1.29 is 4.74 Å². The van der Waals surface area contributed by atoms with Crippen LogP contribution in [0.3, 0.4) is 0 Å². The summed E-state index contributed by atoms with van der Waals surface area (Å²) >= 11 is 7.54. The van der Waals surface area contributed by atoms with Gasteiger partial charge < -0.3 is 10.1 Å². The maximum Gasteiger partial charge on any atom is 0.183 e. The Bertz CT molecular complexity index is 500. The van der Waals surface area contributed by atoms with Crippen molar-refractivity contribution in [2.75, 3.05) is 18.5 Å². The Balaban J connectivity index is 2.04. The predicted molar refractivity (Wildman–Crippen MR) is 74.2 cm³/mol. The van der Waals surface area contributed by atoms with E-state index < -0.39 is 0 Å². The van der Waals surface area contributed by atoms with E-state index in [0.29, 0.717) is 0 Å². The normalized spacial score (nSPS) is 12.9. The van der Waals surface area contributed by atoms with Gasteiger partial charge in [0.05, 0.1) is 16.3 Å². The van der Waals surface area contributed by atoms with E-state index in [0.717, 1.165) is 33.5 Å². The van der Waals surface area contributed by atoms with Crippen molar-refractivity contribution in [2.24, 2.45) is 0 Å². The van der Waals surface area contributed by atoms with Crippen LogP contribution in [0.1, 0.15) is 13.8 Å². The van der Waals surface area contributed by atoms with E-state index in [-0.39, 0.29) is 6.10 Å². The molecule has 0 radical (unpaired) electrons. The van der Waals surface area contributed by atoms with Crippen LogP contribution < -0.4 is 5.32 Å². The van der Waals surface area contributed by atoms with E-state index in [9.17, 15) is 0 Å². The number of rotatable bonds is 5. The second kappa shape index (κ2) is 5.67. The lowest BCUT2D eigenvalue weighted by molar-refractivity contribution is 0.0855. The molecule has 0 fully saturated rings. The third kappa shape index (κ3) is 3.31. The minimum atomic E-state index is 0.190. The molecule has 1 aromatic carbocycles. The molecule has 0 aliphatic heterocycles. The van der Waals surface area contributed by atoms with Crippen LogP contribution in [-0.4, -0.2) is 24.2 Å². The second-order valence-corrected chi connectivity index (χ2v) is 5.25. The smallest absolute Gasteiger partial charge is 0.183 e. The van der Waals surface area contributed by atoms with Gasteiger partial charge in [0.1, 0.15) is 0 Å². The Labute approximate surface area is 110 Å². The first-order valence-corrected chi connectivity index (χ1v) is 6.80. The molecule has 0 aliphatic rings. The van der Waals surface area contributed by atoms with Gasteiger partial charge in [0.25, 0.3) is 0 Å². The molecule has 1 unspecified atom stereocenters. The Kier molecular flexibility index (Phi) is 4.20. The van der Waals surface area contributed by atoms with Crippen molar-refractivity contribution in [1.82, 2.24) is 4.98 Å². The molecule has 2 rings (SSSR count). The van der Waals surface area contributed by atoms with E-state index in [1.165, 1.54) is 0 Å². The Morgan fingerprint density at radius 2 is 2.35 bits per heavy atom. The summed E-state index contributed by atoms with van der Waals surface area (Å²) in [6, 6.07) is 5.73. The summed E-state index contributed by atoms with van der Waals surface area (Å²) in [7, 11) is 0. The lowest BCUT2D eigenvalue weighted by Gasteiger charge is -2.11. The molecule has 0 saturated carbocycles. The number of aromatic nitrogens is 1. The van der Waals surface area contributed by atoms with Gasteiger partial charge in [0, 0.05) is 18.2 Å². The first-order chi connectivity index (χ1) is 8.19. The van der Waals surface area contributed by atoms with Crippen LogP contribution in [0.5, 0.6) is 0 Å². The first kappa shape index (κ1) is 12.6. The molecular formula is C12H15ClN2OS. The van der Waals surface area contributed by atoms with E-state index >= 15 is 0 Å². The molecule has 5 heteroatoms. The average molecular weight is 271 g/mol. The van der Waals surface area contributed by atoms with Crippen molar-refractivity contribution >= 4 is 38.3 Å². The number of thiazole rings is 1. The van der Waals surface area contributed by atoms with Crippen LogP contribution in [0.4, 0.5) is 5.13 Å². The molecule has 2 aromatic rings. The highest BCUT2D eigenvalue weighted by molar-refractivity contribution is 7.22. The Morgan fingerprint density at radius 1 is 1.53 bits per heavy atom. The number of nitrogens with one attached hydrogen (secondary N) is 1. The summed E-state index contributed by atoms with van der Waals surface area (Å²) in [5, 5.41) is 4.93. The largest absolute Gasteiger partial charge is 0.377 e. The quantitative estimate of drug-likeness (QED) is 0.898. The predicted octanol–water partition coefficient (Wildman–Crippen LogP) is 3.79. The number of hydrogen-bond acceptors (Lipinski definition) is 4.